The molecule has 0 spiro atoms. The van der Waals surface area contributed by atoms with E-state index in [4.69, 9.17) is 4.74 Å². The largest absolute Gasteiger partial charge is 0.368 e. The van der Waals surface area contributed by atoms with Crippen molar-refractivity contribution in [3.05, 3.63) is 35.5 Å². The summed E-state index contributed by atoms with van der Waals surface area (Å²) in [6.07, 6.45) is 1.62. The molecule has 1 unspecified atom stereocenters. The number of ether oxygens (including phenoxy) is 1. The standard InChI is InChI=1S/C19H22N2O2/c1-9-13-8-23-19(22)17-11(13)6-16-18-12(7-15(17)21(9)16)10-4-2-3-5-14(10)20-18/h2-5,9,11,13,15-17,19-20,22H,6-8H2,1H3/t9-,11+,13+,15-,16-,17+,19+/m0/s1. The number of piperidine rings is 3. The second kappa shape index (κ2) is 4.18. The maximum atomic E-state index is 10.5. The first-order valence-corrected chi connectivity index (χ1v) is 8.90. The molecule has 4 heteroatoms. The zero-order valence-electron chi connectivity index (χ0n) is 13.3. The fourth-order valence-corrected chi connectivity index (χ4v) is 6.30. The van der Waals surface area contributed by atoms with Gasteiger partial charge in [-0.3, -0.25) is 4.90 Å². The molecule has 8 atom stereocenters. The van der Waals surface area contributed by atoms with Gasteiger partial charge in [0.05, 0.1) is 12.6 Å². The lowest BCUT2D eigenvalue weighted by molar-refractivity contribution is -0.280. The van der Waals surface area contributed by atoms with Crippen molar-refractivity contribution in [1.82, 2.24) is 9.88 Å². The van der Waals surface area contributed by atoms with Crippen LogP contribution in [0.25, 0.3) is 10.9 Å². The van der Waals surface area contributed by atoms with E-state index in [1.165, 1.54) is 22.2 Å². The van der Waals surface area contributed by atoms with Gasteiger partial charge < -0.3 is 14.8 Å². The predicted octanol–water partition coefficient (Wildman–Crippen LogP) is 2.44. The molecule has 1 aromatic carbocycles. The molecule has 0 amide bonds. The summed E-state index contributed by atoms with van der Waals surface area (Å²) in [7, 11) is 0. The summed E-state index contributed by atoms with van der Waals surface area (Å²) in [4.78, 5) is 6.43. The first-order valence-electron chi connectivity index (χ1n) is 8.90. The lowest BCUT2D eigenvalue weighted by atomic mass is 9.58. The summed E-state index contributed by atoms with van der Waals surface area (Å²) < 4.78 is 5.74. The van der Waals surface area contributed by atoms with Crippen molar-refractivity contribution < 1.29 is 9.84 Å². The number of aliphatic hydroxyl groups is 1. The summed E-state index contributed by atoms with van der Waals surface area (Å²) in [6, 6.07) is 10.1. The molecule has 2 aromatic rings. The maximum Gasteiger partial charge on any atom is 0.159 e. The van der Waals surface area contributed by atoms with Crippen LogP contribution in [0, 0.1) is 17.8 Å². The number of aromatic nitrogens is 1. The lowest BCUT2D eigenvalue weighted by Gasteiger charge is -2.65. The molecule has 5 aliphatic heterocycles. The Balaban J connectivity index is 1.56. The number of benzene rings is 1. The monoisotopic (exact) mass is 310 g/mol. The molecule has 6 heterocycles. The van der Waals surface area contributed by atoms with E-state index in [2.05, 4.69) is 41.1 Å². The fourth-order valence-electron chi connectivity index (χ4n) is 6.30. The van der Waals surface area contributed by atoms with Gasteiger partial charge in [0.25, 0.3) is 0 Å². The van der Waals surface area contributed by atoms with E-state index in [0.717, 1.165) is 19.4 Å². The van der Waals surface area contributed by atoms with Gasteiger partial charge in [0, 0.05) is 40.5 Å². The third-order valence-corrected chi connectivity index (χ3v) is 7.20. The molecule has 6 bridgehead atoms. The summed E-state index contributed by atoms with van der Waals surface area (Å²) in [5.41, 5.74) is 4.18. The van der Waals surface area contributed by atoms with Crippen LogP contribution in [0.15, 0.2) is 24.3 Å². The Kier molecular flexibility index (Phi) is 2.36. The quantitative estimate of drug-likeness (QED) is 0.786. The SMILES string of the molecule is C[C@H]1[C@H]2CO[C@@H](O)[C@@H]3[C@@H]2C[C@H]2c4[nH]c5ccccc5c4C[C@@H]3N21. The van der Waals surface area contributed by atoms with Gasteiger partial charge in [-0.2, -0.15) is 0 Å². The van der Waals surface area contributed by atoms with Crippen LogP contribution in [0.4, 0.5) is 0 Å². The van der Waals surface area contributed by atoms with Crippen molar-refractivity contribution in [2.24, 2.45) is 17.8 Å². The first kappa shape index (κ1) is 13.0. The van der Waals surface area contributed by atoms with Gasteiger partial charge in [-0.25, -0.2) is 0 Å². The molecule has 5 aliphatic rings. The van der Waals surface area contributed by atoms with Crippen molar-refractivity contribution in [2.75, 3.05) is 6.61 Å². The zero-order valence-corrected chi connectivity index (χ0v) is 13.3. The molecule has 0 aliphatic carbocycles. The smallest absolute Gasteiger partial charge is 0.159 e. The van der Waals surface area contributed by atoms with Gasteiger partial charge in [-0.05, 0) is 37.3 Å². The molecular weight excluding hydrogens is 288 g/mol. The van der Waals surface area contributed by atoms with Crippen molar-refractivity contribution >= 4 is 10.9 Å². The van der Waals surface area contributed by atoms with Gasteiger partial charge in [-0.1, -0.05) is 18.2 Å². The van der Waals surface area contributed by atoms with Crippen LogP contribution < -0.4 is 0 Å². The Labute approximate surface area is 135 Å². The molecule has 120 valence electrons. The Morgan fingerprint density at radius 1 is 1.26 bits per heavy atom. The number of fused-ring (bicyclic) bond motifs is 3. The average molecular weight is 310 g/mol. The number of hydrogen-bond acceptors (Lipinski definition) is 3. The molecule has 4 saturated heterocycles. The molecule has 0 saturated carbocycles. The molecule has 7 rings (SSSR count). The van der Waals surface area contributed by atoms with Crippen LogP contribution in [-0.2, 0) is 11.2 Å². The molecule has 2 N–H and O–H groups in total. The van der Waals surface area contributed by atoms with Gasteiger partial charge in [0.1, 0.15) is 0 Å². The number of aromatic amines is 1. The minimum absolute atomic E-state index is 0.281. The Morgan fingerprint density at radius 3 is 3.04 bits per heavy atom. The van der Waals surface area contributed by atoms with Crippen LogP contribution in [0.5, 0.6) is 0 Å². The van der Waals surface area contributed by atoms with Gasteiger partial charge >= 0.3 is 0 Å². The van der Waals surface area contributed by atoms with Crippen LogP contribution in [0.1, 0.15) is 30.6 Å². The van der Waals surface area contributed by atoms with E-state index in [-0.39, 0.29) is 5.92 Å². The minimum atomic E-state index is -0.580. The zero-order chi connectivity index (χ0) is 15.3. The van der Waals surface area contributed by atoms with E-state index < -0.39 is 6.29 Å². The van der Waals surface area contributed by atoms with Crippen molar-refractivity contribution in [1.29, 1.82) is 0 Å². The summed E-state index contributed by atoms with van der Waals surface area (Å²) in [5.74, 6) is 1.47. The van der Waals surface area contributed by atoms with Gasteiger partial charge in [-0.15, -0.1) is 0 Å². The Hall–Kier alpha value is -1.36. The van der Waals surface area contributed by atoms with Gasteiger partial charge in [0.15, 0.2) is 6.29 Å². The highest BCUT2D eigenvalue weighted by Gasteiger charge is 2.61. The van der Waals surface area contributed by atoms with Crippen LogP contribution in [0.3, 0.4) is 0 Å². The molecule has 23 heavy (non-hydrogen) atoms. The summed E-state index contributed by atoms with van der Waals surface area (Å²) in [5, 5.41) is 11.9. The second-order valence-corrected chi connectivity index (χ2v) is 7.90. The lowest BCUT2D eigenvalue weighted by Crippen LogP contribution is -2.71. The minimum Gasteiger partial charge on any atom is -0.368 e. The highest BCUT2D eigenvalue weighted by molar-refractivity contribution is 5.85. The highest BCUT2D eigenvalue weighted by Crippen LogP contribution is 2.58. The van der Waals surface area contributed by atoms with Crippen molar-refractivity contribution in [2.45, 2.75) is 44.2 Å². The van der Waals surface area contributed by atoms with E-state index in [1.807, 2.05) is 0 Å². The third kappa shape index (κ3) is 1.44. The number of hydrogen-bond donors (Lipinski definition) is 2. The second-order valence-electron chi connectivity index (χ2n) is 7.90. The third-order valence-electron chi connectivity index (χ3n) is 7.20. The highest BCUT2D eigenvalue weighted by atomic mass is 16.6. The molecule has 1 aromatic heterocycles. The van der Waals surface area contributed by atoms with Crippen LogP contribution >= 0.6 is 0 Å². The maximum absolute atomic E-state index is 10.5. The Morgan fingerprint density at radius 2 is 2.13 bits per heavy atom. The first-order chi connectivity index (χ1) is 11.2. The Bertz CT molecular complexity index is 800. The van der Waals surface area contributed by atoms with Gasteiger partial charge in [0.2, 0.25) is 0 Å². The van der Waals surface area contributed by atoms with E-state index >= 15 is 0 Å². The van der Waals surface area contributed by atoms with Crippen LogP contribution in [0.2, 0.25) is 0 Å². The number of nitrogens with one attached hydrogen (secondary N) is 1. The molecule has 0 radical (unpaired) electrons. The number of rotatable bonds is 0. The van der Waals surface area contributed by atoms with E-state index in [9.17, 15) is 5.11 Å². The summed E-state index contributed by atoms with van der Waals surface area (Å²) >= 11 is 0. The summed E-state index contributed by atoms with van der Waals surface area (Å²) in [6.45, 7) is 3.08. The van der Waals surface area contributed by atoms with Crippen molar-refractivity contribution in [3.63, 3.8) is 0 Å². The fraction of sp³-hybridized carbons (Fsp3) is 0.579. The average Bonchev–Trinajstić information content (AvgIpc) is 2.93. The molecule has 4 fully saturated rings. The van der Waals surface area contributed by atoms with Crippen molar-refractivity contribution in [3.8, 4) is 0 Å². The molecular formula is C19H22N2O2. The number of H-pyrrole nitrogens is 1. The number of para-hydroxylation sites is 1. The topological polar surface area (TPSA) is 48.5 Å². The number of aliphatic hydroxyl groups excluding tert-OH is 1. The normalized spacial score (nSPS) is 46.9. The predicted molar refractivity (Wildman–Crippen MR) is 86.9 cm³/mol. The van der Waals surface area contributed by atoms with E-state index in [1.54, 1.807) is 0 Å². The number of nitrogens with zero attached hydrogens (tertiary/aromatic N) is 1. The van der Waals surface area contributed by atoms with Crippen LogP contribution in [-0.4, -0.2) is 40.0 Å². The van der Waals surface area contributed by atoms with E-state index in [0.29, 0.717) is 30.0 Å². The molecule has 4 nitrogen and oxygen atoms in total.